The summed E-state index contributed by atoms with van der Waals surface area (Å²) in [7, 11) is 0. The van der Waals surface area contributed by atoms with Crippen molar-refractivity contribution in [2.45, 2.75) is 13.0 Å². The maximum absolute atomic E-state index is 13.0. The third-order valence-electron chi connectivity index (χ3n) is 5.34. The molecule has 0 saturated carbocycles. The Labute approximate surface area is 201 Å². The quantitative estimate of drug-likeness (QED) is 0.377. The number of benzene rings is 2. The zero-order chi connectivity index (χ0) is 23.3. The van der Waals surface area contributed by atoms with Crippen molar-refractivity contribution in [3.63, 3.8) is 0 Å². The molecule has 0 aliphatic rings. The van der Waals surface area contributed by atoms with E-state index in [9.17, 15) is 4.79 Å². The molecular weight excluding hydrogens is 448 g/mol. The van der Waals surface area contributed by atoms with Crippen LogP contribution >= 0.6 is 11.6 Å². The third-order valence-corrected chi connectivity index (χ3v) is 5.60. The van der Waals surface area contributed by atoms with Gasteiger partial charge in [0, 0.05) is 53.0 Å². The van der Waals surface area contributed by atoms with E-state index in [-0.39, 0.29) is 12.3 Å². The van der Waals surface area contributed by atoms with E-state index >= 15 is 0 Å². The van der Waals surface area contributed by atoms with Crippen LogP contribution in [0.4, 0.5) is 0 Å². The standard InChI is InChI=1S/C26H21ClN6O/c27-22-11-9-19(10-12-22)25-21(18-33(31-25)23-7-2-1-3-8-23)16-24(34)29-17-20-6-4-13-28-26(20)32-15-5-14-30-32/h1-15,18H,16-17H2,(H,29,34). The van der Waals surface area contributed by atoms with Gasteiger partial charge in [-0.3, -0.25) is 4.79 Å². The van der Waals surface area contributed by atoms with Crippen molar-refractivity contribution >= 4 is 17.5 Å². The number of hydrogen-bond donors (Lipinski definition) is 1. The molecule has 3 heterocycles. The lowest BCUT2D eigenvalue weighted by molar-refractivity contribution is -0.120. The van der Waals surface area contributed by atoms with Crippen molar-refractivity contribution in [1.29, 1.82) is 0 Å². The van der Waals surface area contributed by atoms with Crippen LogP contribution in [-0.4, -0.2) is 30.5 Å². The normalized spacial score (nSPS) is 10.9. The van der Waals surface area contributed by atoms with Crippen LogP contribution in [0, 0.1) is 0 Å². The molecule has 5 rings (SSSR count). The first kappa shape index (κ1) is 21.6. The Kier molecular flexibility index (Phi) is 6.18. The molecule has 0 saturated heterocycles. The lowest BCUT2D eigenvalue weighted by Crippen LogP contribution is -2.25. The van der Waals surface area contributed by atoms with E-state index in [1.54, 1.807) is 21.8 Å². The minimum atomic E-state index is -0.113. The molecule has 2 aromatic carbocycles. The van der Waals surface area contributed by atoms with E-state index in [2.05, 4.69) is 15.4 Å². The minimum absolute atomic E-state index is 0.113. The smallest absolute Gasteiger partial charge is 0.224 e. The number of rotatable bonds is 7. The van der Waals surface area contributed by atoms with Gasteiger partial charge in [0.05, 0.1) is 17.8 Å². The second-order valence-electron chi connectivity index (χ2n) is 7.68. The van der Waals surface area contributed by atoms with Gasteiger partial charge in [0.2, 0.25) is 5.91 Å². The Morgan fingerprint density at radius 3 is 2.47 bits per heavy atom. The van der Waals surface area contributed by atoms with Crippen LogP contribution in [0.15, 0.2) is 97.6 Å². The van der Waals surface area contributed by atoms with Gasteiger partial charge in [-0.2, -0.15) is 10.2 Å². The SMILES string of the molecule is O=C(Cc1cn(-c2ccccc2)nc1-c1ccc(Cl)cc1)NCc1cccnc1-n1cccn1. The molecule has 0 bridgehead atoms. The highest BCUT2D eigenvalue weighted by atomic mass is 35.5. The molecule has 5 aromatic rings. The summed E-state index contributed by atoms with van der Waals surface area (Å²) in [6.07, 6.45) is 7.31. The van der Waals surface area contributed by atoms with E-state index in [0.29, 0.717) is 17.4 Å². The van der Waals surface area contributed by atoms with Gasteiger partial charge in [-0.05, 0) is 36.4 Å². The lowest BCUT2D eigenvalue weighted by Gasteiger charge is -2.10. The van der Waals surface area contributed by atoms with Crippen LogP contribution in [-0.2, 0) is 17.8 Å². The molecule has 0 unspecified atom stereocenters. The molecule has 0 aliphatic carbocycles. The summed E-state index contributed by atoms with van der Waals surface area (Å²) in [5.41, 5.74) is 4.26. The number of nitrogens with one attached hydrogen (secondary N) is 1. The first-order chi connectivity index (χ1) is 16.7. The molecule has 7 nitrogen and oxygen atoms in total. The third kappa shape index (κ3) is 4.74. The summed E-state index contributed by atoms with van der Waals surface area (Å²) in [5.74, 6) is 0.574. The highest BCUT2D eigenvalue weighted by Gasteiger charge is 2.16. The number of hydrogen-bond acceptors (Lipinski definition) is 4. The van der Waals surface area contributed by atoms with Gasteiger partial charge >= 0.3 is 0 Å². The number of halogens is 1. The molecule has 1 amide bonds. The average Bonchev–Trinajstić information content (AvgIpc) is 3.55. The summed E-state index contributed by atoms with van der Waals surface area (Å²) < 4.78 is 3.48. The summed E-state index contributed by atoms with van der Waals surface area (Å²) in [6, 6.07) is 22.9. The van der Waals surface area contributed by atoms with Crippen LogP contribution in [0.1, 0.15) is 11.1 Å². The minimum Gasteiger partial charge on any atom is -0.352 e. The Balaban J connectivity index is 1.38. The molecule has 1 N–H and O–H groups in total. The summed E-state index contributed by atoms with van der Waals surface area (Å²) in [6.45, 7) is 0.338. The van der Waals surface area contributed by atoms with Gasteiger partial charge in [0.1, 0.15) is 0 Å². The fraction of sp³-hybridized carbons (Fsp3) is 0.0769. The van der Waals surface area contributed by atoms with Crippen molar-refractivity contribution in [2.75, 3.05) is 0 Å². The molecular formula is C26H21ClN6O. The van der Waals surface area contributed by atoms with E-state index in [0.717, 1.165) is 28.1 Å². The fourth-order valence-corrected chi connectivity index (χ4v) is 3.83. The number of para-hydroxylation sites is 1. The summed E-state index contributed by atoms with van der Waals surface area (Å²) in [5, 5.41) is 12.7. The van der Waals surface area contributed by atoms with Crippen molar-refractivity contribution in [3.8, 4) is 22.8 Å². The number of carbonyl (C=O) groups is 1. The molecule has 34 heavy (non-hydrogen) atoms. The van der Waals surface area contributed by atoms with E-state index in [1.165, 1.54) is 0 Å². The topological polar surface area (TPSA) is 77.6 Å². The molecule has 3 aromatic heterocycles. The highest BCUT2D eigenvalue weighted by molar-refractivity contribution is 6.30. The average molecular weight is 469 g/mol. The number of aromatic nitrogens is 5. The number of amides is 1. The second kappa shape index (κ2) is 9.72. The van der Waals surface area contributed by atoms with Gasteiger partial charge in [-0.25, -0.2) is 14.3 Å². The molecule has 0 fully saturated rings. The van der Waals surface area contributed by atoms with Crippen molar-refractivity contribution < 1.29 is 4.79 Å². The predicted molar refractivity (Wildman–Crippen MR) is 131 cm³/mol. The van der Waals surface area contributed by atoms with E-state index in [1.807, 2.05) is 85.2 Å². The Hall–Kier alpha value is -4.23. The zero-order valence-corrected chi connectivity index (χ0v) is 18.9. The summed E-state index contributed by atoms with van der Waals surface area (Å²) >= 11 is 6.07. The number of carbonyl (C=O) groups excluding carboxylic acids is 1. The van der Waals surface area contributed by atoms with Gasteiger partial charge in [0.25, 0.3) is 0 Å². The number of pyridine rings is 1. The molecule has 0 spiro atoms. The second-order valence-corrected chi connectivity index (χ2v) is 8.12. The number of nitrogens with zero attached hydrogens (tertiary/aromatic N) is 5. The molecule has 0 radical (unpaired) electrons. The van der Waals surface area contributed by atoms with Crippen molar-refractivity contribution in [2.24, 2.45) is 0 Å². The molecule has 0 atom stereocenters. The molecule has 168 valence electrons. The fourth-order valence-electron chi connectivity index (χ4n) is 3.70. The van der Waals surface area contributed by atoms with Crippen molar-refractivity contribution in [3.05, 3.63) is 114 Å². The van der Waals surface area contributed by atoms with Crippen molar-refractivity contribution in [1.82, 2.24) is 29.9 Å². The van der Waals surface area contributed by atoms with Crippen LogP contribution in [0.5, 0.6) is 0 Å². The first-order valence-electron chi connectivity index (χ1n) is 10.8. The van der Waals surface area contributed by atoms with Gasteiger partial charge in [0.15, 0.2) is 5.82 Å². The Bertz CT molecular complexity index is 1400. The van der Waals surface area contributed by atoms with Crippen LogP contribution < -0.4 is 5.32 Å². The lowest BCUT2D eigenvalue weighted by atomic mass is 10.1. The largest absolute Gasteiger partial charge is 0.352 e. The maximum Gasteiger partial charge on any atom is 0.224 e. The van der Waals surface area contributed by atoms with Gasteiger partial charge < -0.3 is 5.32 Å². The van der Waals surface area contributed by atoms with Crippen LogP contribution in [0.3, 0.4) is 0 Å². The Morgan fingerprint density at radius 1 is 0.882 bits per heavy atom. The van der Waals surface area contributed by atoms with E-state index in [4.69, 9.17) is 16.7 Å². The monoisotopic (exact) mass is 468 g/mol. The van der Waals surface area contributed by atoms with Gasteiger partial charge in [-0.1, -0.05) is 48.0 Å². The maximum atomic E-state index is 13.0. The molecule has 0 aliphatic heterocycles. The molecule has 8 heteroatoms. The predicted octanol–water partition coefficient (Wildman–Crippen LogP) is 4.63. The van der Waals surface area contributed by atoms with E-state index < -0.39 is 0 Å². The first-order valence-corrected chi connectivity index (χ1v) is 11.2. The Morgan fingerprint density at radius 2 is 1.71 bits per heavy atom. The highest BCUT2D eigenvalue weighted by Crippen LogP contribution is 2.26. The summed E-state index contributed by atoms with van der Waals surface area (Å²) in [4.78, 5) is 17.4. The van der Waals surface area contributed by atoms with Crippen LogP contribution in [0.2, 0.25) is 5.02 Å². The zero-order valence-electron chi connectivity index (χ0n) is 18.2. The van der Waals surface area contributed by atoms with Gasteiger partial charge in [-0.15, -0.1) is 0 Å². The van der Waals surface area contributed by atoms with Crippen LogP contribution in [0.25, 0.3) is 22.8 Å².